The minimum Gasteiger partial charge on any atom is -0.481 e. The summed E-state index contributed by atoms with van der Waals surface area (Å²) in [4.78, 5) is 24.7. The molecule has 18 heavy (non-hydrogen) atoms. The first-order valence-electron chi connectivity index (χ1n) is 6.24. The second kappa shape index (κ2) is 5.52. The van der Waals surface area contributed by atoms with Crippen LogP contribution in [0, 0.1) is 0 Å². The molecule has 0 radical (unpaired) electrons. The first-order chi connectivity index (χ1) is 8.60. The number of hydrogen-bond donors (Lipinski definition) is 2. The third-order valence-corrected chi connectivity index (χ3v) is 4.46. The highest BCUT2D eigenvalue weighted by atomic mass is 32.1. The van der Waals surface area contributed by atoms with Crippen LogP contribution in [0.15, 0.2) is 6.07 Å². The van der Waals surface area contributed by atoms with E-state index in [4.69, 9.17) is 5.11 Å². The molecule has 5 heteroatoms. The van der Waals surface area contributed by atoms with Crippen LogP contribution in [-0.2, 0) is 17.6 Å². The van der Waals surface area contributed by atoms with E-state index in [-0.39, 0.29) is 18.4 Å². The van der Waals surface area contributed by atoms with Gasteiger partial charge in [-0.05, 0) is 37.3 Å². The number of aliphatic carboxylic acids is 1. The number of aryl methyl sites for hydroxylation is 2. The van der Waals surface area contributed by atoms with E-state index in [2.05, 4.69) is 5.32 Å². The second-order valence-corrected chi connectivity index (χ2v) is 5.73. The van der Waals surface area contributed by atoms with Crippen molar-refractivity contribution in [1.82, 2.24) is 5.32 Å². The van der Waals surface area contributed by atoms with Gasteiger partial charge in [-0.1, -0.05) is 6.92 Å². The summed E-state index contributed by atoms with van der Waals surface area (Å²) in [6.07, 6.45) is 3.92. The van der Waals surface area contributed by atoms with Crippen LogP contribution >= 0.6 is 11.3 Å². The zero-order chi connectivity index (χ0) is 13.1. The summed E-state index contributed by atoms with van der Waals surface area (Å²) in [5.41, 5.74) is 1.29. The Morgan fingerprint density at radius 2 is 2.28 bits per heavy atom. The monoisotopic (exact) mass is 267 g/mol. The van der Waals surface area contributed by atoms with E-state index in [0.717, 1.165) is 12.8 Å². The predicted octanol–water partition coefficient (Wildman–Crippen LogP) is 2.22. The van der Waals surface area contributed by atoms with Crippen LogP contribution in [0.1, 0.15) is 46.3 Å². The van der Waals surface area contributed by atoms with E-state index in [1.165, 1.54) is 16.9 Å². The number of carbonyl (C=O) groups excluding carboxylic acids is 1. The van der Waals surface area contributed by atoms with Crippen molar-refractivity contribution in [2.75, 3.05) is 0 Å². The molecule has 1 aromatic heterocycles. The van der Waals surface area contributed by atoms with E-state index in [1.807, 2.05) is 13.0 Å². The van der Waals surface area contributed by atoms with Gasteiger partial charge in [0.05, 0.1) is 11.3 Å². The van der Waals surface area contributed by atoms with Crippen LogP contribution in [0.5, 0.6) is 0 Å². The summed E-state index contributed by atoms with van der Waals surface area (Å²) >= 11 is 1.54. The minimum atomic E-state index is -0.879. The molecule has 0 fully saturated rings. The van der Waals surface area contributed by atoms with E-state index in [1.54, 1.807) is 11.3 Å². The Bertz CT molecular complexity index is 445. The van der Waals surface area contributed by atoms with Gasteiger partial charge in [-0.25, -0.2) is 0 Å². The Kier molecular flexibility index (Phi) is 4.01. The number of thiophene rings is 1. The number of amides is 1. The van der Waals surface area contributed by atoms with Gasteiger partial charge in [0.25, 0.3) is 5.91 Å². The normalized spacial score (nSPS) is 15.2. The smallest absolute Gasteiger partial charge is 0.305 e. The molecule has 0 aliphatic heterocycles. The van der Waals surface area contributed by atoms with Crippen LogP contribution in [0.3, 0.4) is 0 Å². The largest absolute Gasteiger partial charge is 0.481 e. The number of carboxylic acid groups (broad SMARTS) is 1. The Balaban J connectivity index is 1.99. The molecule has 4 nitrogen and oxygen atoms in total. The molecule has 0 saturated carbocycles. The molecule has 0 bridgehead atoms. The third-order valence-electron chi connectivity index (χ3n) is 3.22. The van der Waals surface area contributed by atoms with Crippen molar-refractivity contribution >= 4 is 23.2 Å². The van der Waals surface area contributed by atoms with Crippen LogP contribution < -0.4 is 5.32 Å². The van der Waals surface area contributed by atoms with Gasteiger partial charge in [0.2, 0.25) is 0 Å². The van der Waals surface area contributed by atoms with Crippen molar-refractivity contribution in [2.24, 2.45) is 0 Å². The standard InChI is InChI=1S/C13H17NO3S/c1-2-9(7-12(15)16)14-13(17)11-6-8-4-3-5-10(8)18-11/h6,9H,2-5,7H2,1H3,(H,14,17)(H,15,16). The lowest BCUT2D eigenvalue weighted by atomic mass is 10.1. The average molecular weight is 267 g/mol. The third kappa shape index (κ3) is 2.90. The number of carbonyl (C=O) groups is 2. The second-order valence-electron chi connectivity index (χ2n) is 4.59. The molecule has 2 rings (SSSR count). The van der Waals surface area contributed by atoms with E-state index < -0.39 is 5.97 Å². The SMILES string of the molecule is CCC(CC(=O)O)NC(=O)c1cc2c(s1)CCC2. The molecule has 1 unspecified atom stereocenters. The maximum atomic E-state index is 12.0. The van der Waals surface area contributed by atoms with Gasteiger partial charge in [-0.2, -0.15) is 0 Å². The van der Waals surface area contributed by atoms with Crippen molar-refractivity contribution in [2.45, 2.75) is 45.1 Å². The van der Waals surface area contributed by atoms with Crippen LogP contribution in [0.2, 0.25) is 0 Å². The number of hydrogen-bond acceptors (Lipinski definition) is 3. The minimum absolute atomic E-state index is 0.0205. The van der Waals surface area contributed by atoms with E-state index in [9.17, 15) is 9.59 Å². The molecular weight excluding hydrogens is 250 g/mol. The van der Waals surface area contributed by atoms with Gasteiger partial charge < -0.3 is 10.4 Å². The molecule has 0 spiro atoms. The summed E-state index contributed by atoms with van der Waals surface area (Å²) in [5.74, 6) is -1.02. The molecule has 2 N–H and O–H groups in total. The van der Waals surface area contributed by atoms with Crippen molar-refractivity contribution in [3.8, 4) is 0 Å². The number of nitrogens with one attached hydrogen (secondary N) is 1. The molecule has 1 aromatic rings. The highest BCUT2D eigenvalue weighted by Crippen LogP contribution is 2.30. The lowest BCUT2D eigenvalue weighted by Gasteiger charge is -2.13. The summed E-state index contributed by atoms with van der Waals surface area (Å²) in [5, 5.41) is 11.5. The fraction of sp³-hybridized carbons (Fsp3) is 0.538. The average Bonchev–Trinajstić information content (AvgIpc) is 2.87. The van der Waals surface area contributed by atoms with Gasteiger partial charge in [0.15, 0.2) is 0 Å². The maximum Gasteiger partial charge on any atom is 0.305 e. The van der Waals surface area contributed by atoms with Crippen LogP contribution in [0.4, 0.5) is 0 Å². The Morgan fingerprint density at radius 3 is 2.89 bits per heavy atom. The van der Waals surface area contributed by atoms with Crippen LogP contribution in [-0.4, -0.2) is 23.0 Å². The maximum absolute atomic E-state index is 12.0. The van der Waals surface area contributed by atoms with Gasteiger partial charge in [-0.15, -0.1) is 11.3 Å². The molecule has 0 saturated heterocycles. The number of rotatable bonds is 5. The Morgan fingerprint density at radius 1 is 1.50 bits per heavy atom. The van der Waals surface area contributed by atoms with Crippen molar-refractivity contribution < 1.29 is 14.7 Å². The predicted molar refractivity (Wildman–Crippen MR) is 70.1 cm³/mol. The molecule has 1 aliphatic rings. The van der Waals surface area contributed by atoms with Crippen molar-refractivity contribution in [1.29, 1.82) is 0 Å². The summed E-state index contributed by atoms with van der Waals surface area (Å²) in [7, 11) is 0. The molecular formula is C13H17NO3S. The fourth-order valence-corrected chi connectivity index (χ4v) is 3.36. The molecule has 98 valence electrons. The Labute approximate surface area is 110 Å². The van der Waals surface area contributed by atoms with E-state index in [0.29, 0.717) is 11.3 Å². The number of carboxylic acids is 1. The Hall–Kier alpha value is -1.36. The molecule has 1 heterocycles. The first kappa shape index (κ1) is 13.1. The van der Waals surface area contributed by atoms with Gasteiger partial charge in [0.1, 0.15) is 0 Å². The molecule has 0 aromatic carbocycles. The zero-order valence-corrected chi connectivity index (χ0v) is 11.2. The van der Waals surface area contributed by atoms with Crippen molar-refractivity contribution in [3.05, 3.63) is 21.4 Å². The lowest BCUT2D eigenvalue weighted by Crippen LogP contribution is -2.35. The molecule has 1 amide bonds. The summed E-state index contributed by atoms with van der Waals surface area (Å²) < 4.78 is 0. The molecule has 1 atom stereocenters. The summed E-state index contributed by atoms with van der Waals surface area (Å²) in [6.45, 7) is 1.88. The van der Waals surface area contributed by atoms with Gasteiger partial charge >= 0.3 is 5.97 Å². The summed E-state index contributed by atoms with van der Waals surface area (Å²) in [6, 6.07) is 1.67. The quantitative estimate of drug-likeness (QED) is 0.859. The number of fused-ring (bicyclic) bond motifs is 1. The lowest BCUT2D eigenvalue weighted by molar-refractivity contribution is -0.137. The molecule has 1 aliphatic carbocycles. The topological polar surface area (TPSA) is 66.4 Å². The van der Waals surface area contributed by atoms with Crippen LogP contribution in [0.25, 0.3) is 0 Å². The fourth-order valence-electron chi connectivity index (χ4n) is 2.21. The van der Waals surface area contributed by atoms with Gasteiger partial charge in [0, 0.05) is 10.9 Å². The van der Waals surface area contributed by atoms with Gasteiger partial charge in [-0.3, -0.25) is 9.59 Å². The van der Waals surface area contributed by atoms with Crippen molar-refractivity contribution in [3.63, 3.8) is 0 Å². The highest BCUT2D eigenvalue weighted by molar-refractivity contribution is 7.14. The first-order valence-corrected chi connectivity index (χ1v) is 7.06. The zero-order valence-electron chi connectivity index (χ0n) is 10.4. The highest BCUT2D eigenvalue weighted by Gasteiger charge is 2.20. The van der Waals surface area contributed by atoms with E-state index >= 15 is 0 Å².